The molecule has 0 aromatic heterocycles. The van der Waals surface area contributed by atoms with Crippen LogP contribution in [0.5, 0.6) is 0 Å². The van der Waals surface area contributed by atoms with Crippen molar-refractivity contribution in [1.29, 1.82) is 0 Å². The molecule has 4 heteroatoms. The predicted octanol–water partition coefficient (Wildman–Crippen LogP) is -0.161. The molecule has 0 saturated carbocycles. The van der Waals surface area contributed by atoms with Crippen LogP contribution < -0.4 is 5.32 Å². The fraction of sp³-hybridized carbons (Fsp3) is 1.00. The van der Waals surface area contributed by atoms with Crippen molar-refractivity contribution in [2.75, 3.05) is 47.8 Å². The molecule has 4 nitrogen and oxygen atoms in total. The molecule has 1 atom stereocenters. The van der Waals surface area contributed by atoms with E-state index in [4.69, 9.17) is 0 Å². The maximum Gasteiger partial charge on any atom is 0.0791 e. The van der Waals surface area contributed by atoms with Crippen LogP contribution in [0.2, 0.25) is 0 Å². The summed E-state index contributed by atoms with van der Waals surface area (Å²) in [5, 5.41) is 12.9. The lowest BCUT2D eigenvalue weighted by Gasteiger charge is -2.33. The third kappa shape index (κ3) is 6.84. The van der Waals surface area contributed by atoms with Crippen molar-refractivity contribution in [3.63, 3.8) is 0 Å². The fourth-order valence-corrected chi connectivity index (χ4v) is 1.19. The molecule has 0 aromatic rings. The van der Waals surface area contributed by atoms with E-state index in [1.54, 1.807) is 0 Å². The summed E-state index contributed by atoms with van der Waals surface area (Å²) >= 11 is 0. The molecule has 92 valence electrons. The van der Waals surface area contributed by atoms with Gasteiger partial charge in [-0.05, 0) is 42.0 Å². The van der Waals surface area contributed by atoms with Gasteiger partial charge in [-0.3, -0.25) is 0 Å². The normalized spacial score (nSPS) is 15.0. The van der Waals surface area contributed by atoms with Gasteiger partial charge < -0.3 is 20.2 Å². The first-order valence-corrected chi connectivity index (χ1v) is 5.46. The van der Waals surface area contributed by atoms with E-state index in [9.17, 15) is 5.11 Å². The van der Waals surface area contributed by atoms with Crippen LogP contribution in [0.1, 0.15) is 13.8 Å². The van der Waals surface area contributed by atoms with Gasteiger partial charge in [0, 0.05) is 25.2 Å². The van der Waals surface area contributed by atoms with Crippen molar-refractivity contribution >= 4 is 0 Å². The van der Waals surface area contributed by atoms with Crippen LogP contribution in [-0.2, 0) is 0 Å². The molecule has 0 aliphatic carbocycles. The highest BCUT2D eigenvalue weighted by Crippen LogP contribution is 2.07. The lowest BCUT2D eigenvalue weighted by atomic mass is 10.0. The van der Waals surface area contributed by atoms with Crippen LogP contribution in [0.4, 0.5) is 0 Å². The van der Waals surface area contributed by atoms with Gasteiger partial charge in [0.15, 0.2) is 0 Å². The summed E-state index contributed by atoms with van der Waals surface area (Å²) in [7, 11) is 8.07. The average molecular weight is 217 g/mol. The molecule has 0 fully saturated rings. The molecule has 0 rings (SSSR count). The first-order valence-electron chi connectivity index (χ1n) is 5.46. The van der Waals surface area contributed by atoms with Crippen molar-refractivity contribution in [3.8, 4) is 0 Å². The standard InChI is InChI=1S/C11H27N3O/c1-11(2,14(5)6)9-12-7-10(15)8-13(3)4/h10,12,15H,7-9H2,1-6H3. The molecule has 15 heavy (non-hydrogen) atoms. The number of hydrogen-bond donors (Lipinski definition) is 2. The van der Waals surface area contributed by atoms with E-state index in [1.807, 2.05) is 19.0 Å². The Morgan fingerprint density at radius 2 is 1.73 bits per heavy atom. The van der Waals surface area contributed by atoms with Crippen LogP contribution in [-0.4, -0.2) is 74.4 Å². The molecule has 0 aliphatic heterocycles. The monoisotopic (exact) mass is 217 g/mol. The van der Waals surface area contributed by atoms with Crippen LogP contribution in [0.3, 0.4) is 0 Å². The largest absolute Gasteiger partial charge is 0.390 e. The lowest BCUT2D eigenvalue weighted by molar-refractivity contribution is 0.125. The van der Waals surface area contributed by atoms with Gasteiger partial charge in [-0.2, -0.15) is 0 Å². The quantitative estimate of drug-likeness (QED) is 0.621. The van der Waals surface area contributed by atoms with Crippen molar-refractivity contribution < 1.29 is 5.11 Å². The number of rotatable bonds is 7. The molecule has 0 radical (unpaired) electrons. The lowest BCUT2D eigenvalue weighted by Crippen LogP contribution is -2.48. The molecule has 0 aliphatic rings. The topological polar surface area (TPSA) is 38.7 Å². The summed E-state index contributed by atoms with van der Waals surface area (Å²) in [6, 6.07) is 0. The first kappa shape index (κ1) is 14.8. The Bertz CT molecular complexity index is 169. The van der Waals surface area contributed by atoms with Crippen LogP contribution >= 0.6 is 0 Å². The minimum Gasteiger partial charge on any atom is -0.390 e. The Labute approximate surface area is 94.3 Å². The van der Waals surface area contributed by atoms with E-state index < -0.39 is 0 Å². The number of aliphatic hydroxyl groups is 1. The van der Waals surface area contributed by atoms with Crippen LogP contribution in [0.25, 0.3) is 0 Å². The molecule has 0 amide bonds. The average Bonchev–Trinajstić information content (AvgIpc) is 2.01. The van der Waals surface area contributed by atoms with Gasteiger partial charge in [-0.1, -0.05) is 0 Å². The second-order valence-electron chi connectivity index (χ2n) is 5.25. The Balaban J connectivity index is 3.70. The highest BCUT2D eigenvalue weighted by molar-refractivity contribution is 4.80. The van der Waals surface area contributed by atoms with Crippen molar-refractivity contribution in [2.45, 2.75) is 25.5 Å². The molecular weight excluding hydrogens is 190 g/mol. The number of nitrogens with zero attached hydrogens (tertiary/aromatic N) is 2. The Morgan fingerprint density at radius 1 is 1.20 bits per heavy atom. The number of likely N-dealkylation sites (N-methyl/N-ethyl adjacent to an activating group) is 2. The Kier molecular flexibility index (Phi) is 6.36. The Hall–Kier alpha value is -0.160. The van der Waals surface area contributed by atoms with E-state index in [-0.39, 0.29) is 11.6 Å². The maximum atomic E-state index is 9.64. The minimum atomic E-state index is -0.294. The van der Waals surface area contributed by atoms with Gasteiger partial charge in [-0.15, -0.1) is 0 Å². The number of aliphatic hydroxyl groups excluding tert-OH is 1. The fourth-order valence-electron chi connectivity index (χ4n) is 1.19. The molecule has 1 unspecified atom stereocenters. The van der Waals surface area contributed by atoms with Gasteiger partial charge >= 0.3 is 0 Å². The van der Waals surface area contributed by atoms with Crippen molar-refractivity contribution in [3.05, 3.63) is 0 Å². The summed E-state index contributed by atoms with van der Waals surface area (Å²) in [4.78, 5) is 4.17. The van der Waals surface area contributed by atoms with Crippen molar-refractivity contribution in [1.82, 2.24) is 15.1 Å². The molecule has 0 aromatic carbocycles. The van der Waals surface area contributed by atoms with Gasteiger partial charge in [0.1, 0.15) is 0 Å². The van der Waals surface area contributed by atoms with Gasteiger partial charge in [-0.25, -0.2) is 0 Å². The van der Waals surface area contributed by atoms with Gasteiger partial charge in [0.05, 0.1) is 6.10 Å². The van der Waals surface area contributed by atoms with Gasteiger partial charge in [0.2, 0.25) is 0 Å². The summed E-state index contributed by atoms with van der Waals surface area (Å²) in [6.07, 6.45) is -0.294. The summed E-state index contributed by atoms with van der Waals surface area (Å²) in [5.74, 6) is 0. The third-order valence-electron chi connectivity index (χ3n) is 2.72. The molecule has 0 saturated heterocycles. The van der Waals surface area contributed by atoms with E-state index in [0.717, 1.165) is 6.54 Å². The minimum absolute atomic E-state index is 0.123. The van der Waals surface area contributed by atoms with E-state index in [0.29, 0.717) is 13.1 Å². The predicted molar refractivity (Wildman–Crippen MR) is 65.2 cm³/mol. The third-order valence-corrected chi connectivity index (χ3v) is 2.72. The molecular formula is C11H27N3O. The molecule has 2 N–H and O–H groups in total. The number of nitrogens with one attached hydrogen (secondary N) is 1. The van der Waals surface area contributed by atoms with E-state index in [2.05, 4.69) is 38.2 Å². The number of hydrogen-bond acceptors (Lipinski definition) is 4. The summed E-state index contributed by atoms with van der Waals surface area (Å²) in [5.41, 5.74) is 0.123. The van der Waals surface area contributed by atoms with E-state index in [1.165, 1.54) is 0 Å². The first-order chi connectivity index (χ1) is 6.75. The van der Waals surface area contributed by atoms with Crippen LogP contribution in [0, 0.1) is 0 Å². The second-order valence-corrected chi connectivity index (χ2v) is 5.25. The molecule has 0 spiro atoms. The smallest absolute Gasteiger partial charge is 0.0791 e. The zero-order valence-electron chi connectivity index (χ0n) is 11.0. The van der Waals surface area contributed by atoms with Crippen molar-refractivity contribution in [2.24, 2.45) is 0 Å². The highest BCUT2D eigenvalue weighted by Gasteiger charge is 2.19. The molecule has 0 heterocycles. The summed E-state index contributed by atoms with van der Waals surface area (Å²) in [6.45, 7) is 6.59. The Morgan fingerprint density at radius 3 is 2.13 bits per heavy atom. The second kappa shape index (κ2) is 6.43. The SMILES string of the molecule is CN(C)CC(O)CNCC(C)(C)N(C)C. The highest BCUT2D eigenvalue weighted by atomic mass is 16.3. The summed E-state index contributed by atoms with van der Waals surface area (Å²) < 4.78 is 0. The van der Waals surface area contributed by atoms with Crippen LogP contribution in [0.15, 0.2) is 0 Å². The maximum absolute atomic E-state index is 9.64. The molecule has 0 bridgehead atoms. The van der Waals surface area contributed by atoms with Gasteiger partial charge in [0.25, 0.3) is 0 Å². The zero-order valence-corrected chi connectivity index (χ0v) is 11.0. The van der Waals surface area contributed by atoms with E-state index >= 15 is 0 Å². The zero-order chi connectivity index (χ0) is 12.1.